The molecule has 1 heterocycles. The lowest BCUT2D eigenvalue weighted by Gasteiger charge is -2.14. The topological polar surface area (TPSA) is 81.5 Å². The molecule has 0 aliphatic heterocycles. The summed E-state index contributed by atoms with van der Waals surface area (Å²) in [6, 6.07) is 8.85. The Kier molecular flexibility index (Phi) is 6.31. The van der Waals surface area contributed by atoms with Crippen LogP contribution >= 0.6 is 11.6 Å². The van der Waals surface area contributed by atoms with Crippen LogP contribution < -0.4 is 4.74 Å². The lowest BCUT2D eigenvalue weighted by atomic mass is 10.1. The maximum Gasteiger partial charge on any atom is 0.335 e. The maximum atomic E-state index is 11.5. The van der Waals surface area contributed by atoms with Crippen molar-refractivity contribution in [3.63, 3.8) is 0 Å². The second kappa shape index (κ2) is 8.45. The van der Waals surface area contributed by atoms with E-state index in [2.05, 4.69) is 9.97 Å². The van der Waals surface area contributed by atoms with Crippen LogP contribution in [0.15, 0.2) is 36.5 Å². The van der Waals surface area contributed by atoms with Gasteiger partial charge in [-0.3, -0.25) is 0 Å². The SMILES string of the molecule is CCOC(=O)[C@H](O)Cc1ccccc1OCc1ccnc(Cl)n1. The molecule has 0 aliphatic carbocycles. The number of rotatable bonds is 7. The summed E-state index contributed by atoms with van der Waals surface area (Å²) >= 11 is 5.73. The summed E-state index contributed by atoms with van der Waals surface area (Å²) in [5.41, 5.74) is 1.33. The third kappa shape index (κ3) is 5.19. The van der Waals surface area contributed by atoms with Crippen LogP contribution in [0.4, 0.5) is 0 Å². The average molecular weight is 337 g/mol. The number of ether oxygens (including phenoxy) is 2. The van der Waals surface area contributed by atoms with Gasteiger partial charge < -0.3 is 14.6 Å². The Morgan fingerprint density at radius 3 is 2.87 bits per heavy atom. The number of halogens is 1. The molecule has 23 heavy (non-hydrogen) atoms. The fourth-order valence-corrected chi connectivity index (χ4v) is 2.11. The number of carbonyl (C=O) groups is 1. The number of hydrogen-bond donors (Lipinski definition) is 1. The van der Waals surface area contributed by atoms with Crippen molar-refractivity contribution in [2.24, 2.45) is 0 Å². The quantitative estimate of drug-likeness (QED) is 0.616. The summed E-state index contributed by atoms with van der Waals surface area (Å²) in [6.07, 6.45) is 0.428. The Balaban J connectivity index is 2.04. The predicted octanol–water partition coefficient (Wildman–Crippen LogP) is 2.18. The first-order valence-electron chi connectivity index (χ1n) is 7.13. The fraction of sp³-hybridized carbons (Fsp3) is 0.312. The third-order valence-corrected chi connectivity index (χ3v) is 3.19. The third-order valence-electron chi connectivity index (χ3n) is 3.00. The summed E-state index contributed by atoms with van der Waals surface area (Å²) in [4.78, 5) is 19.4. The molecular weight excluding hydrogens is 320 g/mol. The van der Waals surface area contributed by atoms with Crippen molar-refractivity contribution < 1.29 is 19.4 Å². The molecule has 122 valence electrons. The minimum Gasteiger partial charge on any atom is -0.487 e. The van der Waals surface area contributed by atoms with Gasteiger partial charge in [-0.05, 0) is 36.2 Å². The van der Waals surface area contributed by atoms with Gasteiger partial charge in [0.2, 0.25) is 5.28 Å². The Bertz CT molecular complexity index is 666. The minimum absolute atomic E-state index is 0.111. The van der Waals surface area contributed by atoms with E-state index in [4.69, 9.17) is 21.1 Å². The minimum atomic E-state index is -1.23. The number of benzene rings is 1. The lowest BCUT2D eigenvalue weighted by molar-refractivity contribution is -0.152. The van der Waals surface area contributed by atoms with Crippen molar-refractivity contribution in [3.05, 3.63) is 53.1 Å². The van der Waals surface area contributed by atoms with Gasteiger partial charge >= 0.3 is 5.97 Å². The van der Waals surface area contributed by atoms with E-state index in [9.17, 15) is 9.90 Å². The number of esters is 1. The highest BCUT2D eigenvalue weighted by atomic mass is 35.5. The molecule has 1 aromatic carbocycles. The smallest absolute Gasteiger partial charge is 0.335 e. The number of carbonyl (C=O) groups excluding carboxylic acids is 1. The van der Waals surface area contributed by atoms with Gasteiger partial charge in [-0.25, -0.2) is 14.8 Å². The number of aromatic nitrogens is 2. The van der Waals surface area contributed by atoms with Crippen LogP contribution in [-0.2, 0) is 22.6 Å². The van der Waals surface area contributed by atoms with Gasteiger partial charge in [-0.1, -0.05) is 18.2 Å². The lowest BCUT2D eigenvalue weighted by Crippen LogP contribution is -2.25. The first-order chi connectivity index (χ1) is 11.1. The normalized spacial score (nSPS) is 11.8. The van der Waals surface area contributed by atoms with Crippen molar-refractivity contribution >= 4 is 17.6 Å². The summed E-state index contributed by atoms with van der Waals surface area (Å²) in [7, 11) is 0. The number of para-hydroxylation sites is 1. The predicted molar refractivity (Wildman–Crippen MR) is 84.2 cm³/mol. The Hall–Kier alpha value is -2.18. The Morgan fingerprint density at radius 2 is 2.13 bits per heavy atom. The molecule has 0 unspecified atom stereocenters. The first kappa shape index (κ1) is 17.2. The van der Waals surface area contributed by atoms with E-state index in [-0.39, 0.29) is 24.9 Å². The highest BCUT2D eigenvalue weighted by Gasteiger charge is 2.18. The zero-order valence-corrected chi connectivity index (χ0v) is 13.4. The van der Waals surface area contributed by atoms with Crippen LogP contribution in [0.2, 0.25) is 5.28 Å². The summed E-state index contributed by atoms with van der Waals surface area (Å²) in [5, 5.41) is 10.0. The standard InChI is InChI=1S/C16H17ClN2O4/c1-2-22-15(21)13(20)9-11-5-3-4-6-14(11)23-10-12-7-8-18-16(17)19-12/h3-8,13,20H,2,9-10H2,1H3/t13-/m1/s1. The largest absolute Gasteiger partial charge is 0.487 e. The fourth-order valence-electron chi connectivity index (χ4n) is 1.94. The van der Waals surface area contributed by atoms with Crippen LogP contribution in [0.1, 0.15) is 18.2 Å². The molecule has 0 fully saturated rings. The van der Waals surface area contributed by atoms with E-state index in [1.165, 1.54) is 0 Å². The second-order valence-electron chi connectivity index (χ2n) is 4.69. The molecule has 1 atom stereocenters. The molecule has 2 rings (SSSR count). The van der Waals surface area contributed by atoms with Crippen molar-refractivity contribution in [3.8, 4) is 5.75 Å². The molecule has 0 spiro atoms. The van der Waals surface area contributed by atoms with Crippen molar-refractivity contribution in [1.82, 2.24) is 9.97 Å². The molecule has 6 nitrogen and oxygen atoms in total. The zero-order chi connectivity index (χ0) is 16.7. The van der Waals surface area contributed by atoms with Gasteiger partial charge in [0.25, 0.3) is 0 Å². The summed E-state index contributed by atoms with van der Waals surface area (Å²) < 4.78 is 10.5. The van der Waals surface area contributed by atoms with E-state index in [1.54, 1.807) is 31.3 Å². The van der Waals surface area contributed by atoms with Crippen LogP contribution in [0.25, 0.3) is 0 Å². The van der Waals surface area contributed by atoms with Crippen molar-refractivity contribution in [1.29, 1.82) is 0 Å². The number of aliphatic hydroxyl groups is 1. The number of aliphatic hydroxyl groups excluding tert-OH is 1. The molecule has 0 saturated carbocycles. The average Bonchev–Trinajstić information content (AvgIpc) is 2.54. The molecule has 1 N–H and O–H groups in total. The maximum absolute atomic E-state index is 11.5. The van der Waals surface area contributed by atoms with Crippen LogP contribution in [0.5, 0.6) is 5.75 Å². The second-order valence-corrected chi connectivity index (χ2v) is 5.02. The molecule has 1 aromatic heterocycles. The molecule has 2 aromatic rings. The van der Waals surface area contributed by atoms with Crippen LogP contribution in [-0.4, -0.2) is 33.8 Å². The van der Waals surface area contributed by atoms with Crippen molar-refractivity contribution in [2.45, 2.75) is 26.1 Å². The van der Waals surface area contributed by atoms with E-state index >= 15 is 0 Å². The van der Waals surface area contributed by atoms with Gasteiger partial charge in [0.05, 0.1) is 12.3 Å². The molecular formula is C16H17ClN2O4. The summed E-state index contributed by atoms with van der Waals surface area (Å²) in [6.45, 7) is 2.12. The van der Waals surface area contributed by atoms with Gasteiger partial charge in [0.15, 0.2) is 6.10 Å². The zero-order valence-electron chi connectivity index (χ0n) is 12.6. The van der Waals surface area contributed by atoms with E-state index in [0.29, 0.717) is 17.0 Å². The van der Waals surface area contributed by atoms with E-state index < -0.39 is 12.1 Å². The molecule has 0 saturated heterocycles. The Labute approximate surface area is 139 Å². The first-order valence-corrected chi connectivity index (χ1v) is 7.50. The molecule has 0 amide bonds. The monoisotopic (exact) mass is 336 g/mol. The summed E-state index contributed by atoms with van der Waals surface area (Å²) in [5.74, 6) is -0.0875. The Morgan fingerprint density at radius 1 is 1.35 bits per heavy atom. The number of hydrogen-bond acceptors (Lipinski definition) is 6. The van der Waals surface area contributed by atoms with Crippen molar-refractivity contribution in [2.75, 3.05) is 6.61 Å². The van der Waals surface area contributed by atoms with Crippen LogP contribution in [0, 0.1) is 0 Å². The van der Waals surface area contributed by atoms with E-state index in [0.717, 1.165) is 0 Å². The molecule has 7 heteroatoms. The molecule has 0 radical (unpaired) electrons. The highest BCUT2D eigenvalue weighted by molar-refractivity contribution is 6.28. The van der Waals surface area contributed by atoms with Gasteiger partial charge in [-0.2, -0.15) is 0 Å². The highest BCUT2D eigenvalue weighted by Crippen LogP contribution is 2.21. The van der Waals surface area contributed by atoms with Gasteiger partial charge in [-0.15, -0.1) is 0 Å². The molecule has 0 bridgehead atoms. The van der Waals surface area contributed by atoms with Gasteiger partial charge in [0, 0.05) is 12.6 Å². The van der Waals surface area contributed by atoms with Gasteiger partial charge in [0.1, 0.15) is 12.4 Å². The molecule has 0 aliphatic rings. The van der Waals surface area contributed by atoms with E-state index in [1.807, 2.05) is 12.1 Å². The number of nitrogens with zero attached hydrogens (tertiary/aromatic N) is 2. The van der Waals surface area contributed by atoms with Crippen LogP contribution in [0.3, 0.4) is 0 Å².